The Kier molecular flexibility index (Phi) is 7.72. The lowest BCUT2D eigenvalue weighted by Gasteiger charge is -2.33. The molecule has 1 aliphatic rings. The number of amides is 1. The van der Waals surface area contributed by atoms with E-state index in [1.807, 2.05) is 22.6 Å². The van der Waals surface area contributed by atoms with Gasteiger partial charge in [-0.2, -0.15) is 0 Å². The molecule has 0 unspecified atom stereocenters. The molecule has 188 valence electrons. The zero-order valence-electron chi connectivity index (χ0n) is 20.0. The summed E-state index contributed by atoms with van der Waals surface area (Å²) in [5.74, 6) is -0.128. The van der Waals surface area contributed by atoms with Crippen molar-refractivity contribution in [1.29, 1.82) is 0 Å². The van der Waals surface area contributed by atoms with Crippen molar-refractivity contribution in [2.24, 2.45) is 16.3 Å². The molecule has 0 spiro atoms. The molecule has 1 heterocycles. The van der Waals surface area contributed by atoms with Crippen LogP contribution in [0.25, 0.3) is 0 Å². The number of benzene rings is 2. The molecule has 0 saturated heterocycles. The number of rotatable bonds is 5. The van der Waals surface area contributed by atoms with Crippen LogP contribution in [0.1, 0.15) is 53.6 Å². The van der Waals surface area contributed by atoms with Crippen LogP contribution >= 0.6 is 45.5 Å². The Bertz CT molecular complexity index is 1360. The van der Waals surface area contributed by atoms with Gasteiger partial charge in [-0.25, -0.2) is 4.99 Å². The third-order valence-corrected chi connectivity index (χ3v) is 8.63. The monoisotopic (exact) mass is 637 g/mol. The van der Waals surface area contributed by atoms with Gasteiger partial charge in [-0.3, -0.25) is 14.9 Å². The summed E-state index contributed by atoms with van der Waals surface area (Å²) in [5, 5.41) is 25.4. The lowest BCUT2D eigenvalue weighted by atomic mass is 9.72. The summed E-state index contributed by atoms with van der Waals surface area (Å²) in [6, 6.07) is 9.81. The highest BCUT2D eigenvalue weighted by Gasteiger charge is 2.33. The normalized spacial score (nSPS) is 15.6. The fraction of sp³-hybridized carbons (Fsp3) is 0.308. The quantitative estimate of drug-likeness (QED) is 0.129. The van der Waals surface area contributed by atoms with Crippen LogP contribution in [0.5, 0.6) is 5.75 Å². The number of hydrogen-bond acceptors (Lipinski definition) is 6. The van der Waals surface area contributed by atoms with Crippen molar-refractivity contribution in [1.82, 2.24) is 0 Å². The molecule has 0 saturated carbocycles. The number of aliphatic imine (C=N–C) groups is 1. The standard InChI is InChI=1S/C26H25ClIN3O4S/c1-26(2,3)15-4-9-18-21(12-15)36-25(22(18)24(33)30-17-7-5-16(27)6-8-17)29-13-14-10-19(28)23(32)20(11-14)31(34)35/h5-8,10-11,13,15,32H,4,9,12H2,1-3H3,(H,30,33)/t15-/m1/s1. The maximum Gasteiger partial charge on any atom is 0.312 e. The van der Waals surface area contributed by atoms with Crippen LogP contribution < -0.4 is 5.32 Å². The molecule has 10 heteroatoms. The van der Waals surface area contributed by atoms with Crippen molar-refractivity contribution < 1.29 is 14.8 Å². The number of phenols is 1. The van der Waals surface area contributed by atoms with Gasteiger partial charge in [0.15, 0.2) is 0 Å². The van der Waals surface area contributed by atoms with E-state index in [-0.39, 0.29) is 22.8 Å². The van der Waals surface area contributed by atoms with Crippen molar-refractivity contribution >= 4 is 74.0 Å². The first-order valence-corrected chi connectivity index (χ1v) is 13.6. The predicted molar refractivity (Wildman–Crippen MR) is 153 cm³/mol. The van der Waals surface area contributed by atoms with Gasteiger partial charge < -0.3 is 10.4 Å². The summed E-state index contributed by atoms with van der Waals surface area (Å²) in [4.78, 5) is 29.9. The molecule has 1 atom stereocenters. The number of halogens is 2. The van der Waals surface area contributed by atoms with Crippen LogP contribution in [0.4, 0.5) is 16.4 Å². The van der Waals surface area contributed by atoms with E-state index in [1.165, 1.54) is 23.6 Å². The first-order chi connectivity index (χ1) is 16.9. The lowest BCUT2D eigenvalue weighted by Crippen LogP contribution is -2.27. The Balaban J connectivity index is 1.74. The molecule has 1 aliphatic carbocycles. The third-order valence-electron chi connectivity index (χ3n) is 6.39. The van der Waals surface area contributed by atoms with Crippen LogP contribution in [-0.2, 0) is 12.8 Å². The van der Waals surface area contributed by atoms with E-state index in [2.05, 4.69) is 31.1 Å². The third kappa shape index (κ3) is 5.73. The lowest BCUT2D eigenvalue weighted by molar-refractivity contribution is -0.386. The highest BCUT2D eigenvalue weighted by atomic mass is 127. The maximum absolute atomic E-state index is 13.4. The topological polar surface area (TPSA) is 105 Å². The smallest absolute Gasteiger partial charge is 0.312 e. The van der Waals surface area contributed by atoms with Crippen molar-refractivity contribution in [2.45, 2.75) is 40.0 Å². The van der Waals surface area contributed by atoms with Crippen LogP contribution in [0, 0.1) is 25.0 Å². The molecule has 1 amide bonds. The predicted octanol–water partition coefficient (Wildman–Crippen LogP) is 7.77. The number of thiophene rings is 1. The van der Waals surface area contributed by atoms with Crippen LogP contribution in [-0.4, -0.2) is 22.2 Å². The number of fused-ring (bicyclic) bond motifs is 1. The summed E-state index contributed by atoms with van der Waals surface area (Å²) in [6.45, 7) is 6.72. The van der Waals surface area contributed by atoms with Crippen LogP contribution in [0.3, 0.4) is 0 Å². The minimum Gasteiger partial charge on any atom is -0.501 e. The minimum absolute atomic E-state index is 0.151. The average Bonchev–Trinajstić information content (AvgIpc) is 3.18. The molecular weight excluding hydrogens is 613 g/mol. The average molecular weight is 638 g/mol. The van der Waals surface area contributed by atoms with E-state index in [0.717, 1.165) is 29.7 Å². The van der Waals surface area contributed by atoms with Gasteiger partial charge in [0.05, 0.1) is 14.1 Å². The van der Waals surface area contributed by atoms with Crippen molar-refractivity contribution in [3.63, 3.8) is 0 Å². The van der Waals surface area contributed by atoms with Gasteiger partial charge in [0, 0.05) is 33.4 Å². The molecule has 36 heavy (non-hydrogen) atoms. The number of nitro benzene ring substituents is 1. The van der Waals surface area contributed by atoms with Crippen LogP contribution in [0.15, 0.2) is 41.4 Å². The summed E-state index contributed by atoms with van der Waals surface area (Å²) in [5.41, 5.74) is 2.42. The van der Waals surface area contributed by atoms with Gasteiger partial charge >= 0.3 is 5.69 Å². The molecule has 0 aliphatic heterocycles. The van der Waals surface area contributed by atoms with Gasteiger partial charge in [0.1, 0.15) is 5.00 Å². The van der Waals surface area contributed by atoms with Crippen molar-refractivity contribution in [3.8, 4) is 5.75 Å². The van der Waals surface area contributed by atoms with Gasteiger partial charge in [-0.05, 0) is 89.1 Å². The molecule has 2 aromatic carbocycles. The van der Waals surface area contributed by atoms with E-state index in [1.54, 1.807) is 30.3 Å². The van der Waals surface area contributed by atoms with Crippen molar-refractivity contribution in [2.75, 3.05) is 5.32 Å². The summed E-state index contributed by atoms with van der Waals surface area (Å²) in [6.07, 6.45) is 4.16. The number of hydrogen-bond donors (Lipinski definition) is 2. The number of nitrogens with one attached hydrogen (secondary N) is 1. The summed E-state index contributed by atoms with van der Waals surface area (Å²) < 4.78 is 0.349. The van der Waals surface area contributed by atoms with Gasteiger partial charge in [-0.15, -0.1) is 11.3 Å². The van der Waals surface area contributed by atoms with E-state index >= 15 is 0 Å². The van der Waals surface area contributed by atoms with E-state index < -0.39 is 4.92 Å². The van der Waals surface area contributed by atoms with Crippen LogP contribution in [0.2, 0.25) is 5.02 Å². The SMILES string of the molecule is CC(C)(C)[C@@H]1CCc2c(sc(N=Cc3cc(I)c(O)c([N+](=O)[O-])c3)c2C(=O)Nc2ccc(Cl)cc2)C1. The molecular formula is C26H25ClIN3O4S. The fourth-order valence-electron chi connectivity index (χ4n) is 4.31. The number of nitrogens with zero attached hydrogens (tertiary/aromatic N) is 2. The number of carbonyl (C=O) groups is 1. The van der Waals surface area contributed by atoms with Gasteiger partial charge in [-0.1, -0.05) is 32.4 Å². The Morgan fingerprint density at radius 3 is 2.64 bits per heavy atom. The molecule has 0 radical (unpaired) electrons. The van der Waals surface area contributed by atoms with E-state index in [9.17, 15) is 20.0 Å². The summed E-state index contributed by atoms with van der Waals surface area (Å²) in [7, 11) is 0. The molecule has 3 aromatic rings. The molecule has 7 nitrogen and oxygen atoms in total. The Morgan fingerprint density at radius 2 is 2.00 bits per heavy atom. The minimum atomic E-state index is -0.629. The largest absolute Gasteiger partial charge is 0.501 e. The molecule has 0 bridgehead atoms. The zero-order chi connectivity index (χ0) is 26.2. The summed E-state index contributed by atoms with van der Waals surface area (Å²) >= 11 is 9.32. The number of nitro groups is 1. The number of carbonyl (C=O) groups excluding carboxylic acids is 1. The molecule has 4 rings (SSSR count). The fourth-order valence-corrected chi connectivity index (χ4v) is 6.34. The Morgan fingerprint density at radius 1 is 1.31 bits per heavy atom. The van der Waals surface area contributed by atoms with Gasteiger partial charge in [0.25, 0.3) is 5.91 Å². The highest BCUT2D eigenvalue weighted by Crippen LogP contribution is 2.45. The Hall–Kier alpha value is -2.50. The van der Waals surface area contributed by atoms with Crippen molar-refractivity contribution in [3.05, 3.63) is 76.7 Å². The second-order valence-electron chi connectivity index (χ2n) is 9.84. The number of phenolic OH excluding ortho intramolecular Hbond substituents is 1. The number of aromatic hydroxyl groups is 1. The Labute approximate surface area is 231 Å². The molecule has 0 fully saturated rings. The highest BCUT2D eigenvalue weighted by molar-refractivity contribution is 14.1. The molecule has 1 aromatic heterocycles. The number of anilines is 1. The maximum atomic E-state index is 13.4. The zero-order valence-corrected chi connectivity index (χ0v) is 23.7. The van der Waals surface area contributed by atoms with E-state index in [4.69, 9.17) is 11.6 Å². The first-order valence-electron chi connectivity index (χ1n) is 11.4. The second-order valence-corrected chi connectivity index (χ2v) is 12.5. The van der Waals surface area contributed by atoms with Gasteiger partial charge in [0.2, 0.25) is 5.75 Å². The second kappa shape index (κ2) is 10.5. The van der Waals surface area contributed by atoms with E-state index in [0.29, 0.717) is 36.3 Å². The molecule has 2 N–H and O–H groups in total. The first kappa shape index (κ1) is 26.6.